The summed E-state index contributed by atoms with van der Waals surface area (Å²) < 4.78 is 3.74. The Morgan fingerprint density at radius 3 is 2.72 bits per heavy atom. The van der Waals surface area contributed by atoms with Gasteiger partial charge in [-0.15, -0.1) is 0 Å². The third-order valence-electron chi connectivity index (χ3n) is 3.89. The zero-order chi connectivity index (χ0) is 13.2. The van der Waals surface area contributed by atoms with Gasteiger partial charge in [0.1, 0.15) is 0 Å². The first kappa shape index (κ1) is 14.4. The molecule has 5 heteroatoms. The highest BCUT2D eigenvalue weighted by molar-refractivity contribution is 9.10. The highest BCUT2D eigenvalue weighted by Gasteiger charge is 2.35. The van der Waals surface area contributed by atoms with Crippen molar-refractivity contribution in [3.05, 3.63) is 15.9 Å². The van der Waals surface area contributed by atoms with Gasteiger partial charge >= 0.3 is 0 Å². The van der Waals surface area contributed by atoms with Crippen molar-refractivity contribution in [3.63, 3.8) is 0 Å². The van der Waals surface area contributed by atoms with E-state index in [9.17, 15) is 0 Å². The molecule has 1 saturated carbocycles. The quantitative estimate of drug-likeness (QED) is 0.866. The van der Waals surface area contributed by atoms with E-state index in [0.29, 0.717) is 4.75 Å². The van der Waals surface area contributed by atoms with E-state index >= 15 is 0 Å². The van der Waals surface area contributed by atoms with Gasteiger partial charge in [-0.3, -0.25) is 4.68 Å². The maximum Gasteiger partial charge on any atom is 0.0739 e. The second-order valence-corrected chi connectivity index (χ2v) is 7.07. The third kappa shape index (κ3) is 2.78. The number of hydrogen-bond acceptors (Lipinski definition) is 3. The molecule has 0 bridgehead atoms. The molecular formula is C13H22BrN3S. The summed E-state index contributed by atoms with van der Waals surface area (Å²) in [6.07, 6.45) is 6.33. The Kier molecular flexibility index (Phi) is 4.78. The highest BCUT2D eigenvalue weighted by Crippen LogP contribution is 2.42. The molecule has 1 aromatic rings. The summed E-state index contributed by atoms with van der Waals surface area (Å²) in [7, 11) is 0. The topological polar surface area (TPSA) is 29.9 Å². The lowest BCUT2D eigenvalue weighted by atomic mass is 9.84. The Balaban J connectivity index is 1.94. The molecule has 1 aliphatic rings. The zero-order valence-electron chi connectivity index (χ0n) is 11.4. The third-order valence-corrected chi connectivity index (χ3v) is 6.34. The Morgan fingerprint density at radius 2 is 2.22 bits per heavy atom. The molecule has 1 aromatic heterocycles. The minimum atomic E-state index is 0.499. The van der Waals surface area contributed by atoms with E-state index in [-0.39, 0.29) is 0 Å². The van der Waals surface area contributed by atoms with Crippen LogP contribution < -0.4 is 5.32 Å². The summed E-state index contributed by atoms with van der Waals surface area (Å²) in [6.45, 7) is 7.12. The van der Waals surface area contributed by atoms with Gasteiger partial charge in [0.15, 0.2) is 0 Å². The van der Waals surface area contributed by atoms with Gasteiger partial charge in [0.05, 0.1) is 15.9 Å². The Morgan fingerprint density at radius 1 is 1.50 bits per heavy atom. The molecule has 102 valence electrons. The smallest absolute Gasteiger partial charge is 0.0739 e. The number of halogens is 1. The van der Waals surface area contributed by atoms with E-state index in [1.807, 2.05) is 11.8 Å². The van der Waals surface area contributed by atoms with Crippen molar-refractivity contribution >= 4 is 27.7 Å². The summed E-state index contributed by atoms with van der Waals surface area (Å²) in [5.74, 6) is 0. The fourth-order valence-corrected chi connectivity index (χ4v) is 3.84. The van der Waals surface area contributed by atoms with Gasteiger partial charge in [-0.2, -0.15) is 16.9 Å². The van der Waals surface area contributed by atoms with Crippen LogP contribution in [0.1, 0.15) is 37.6 Å². The largest absolute Gasteiger partial charge is 0.310 e. The van der Waals surface area contributed by atoms with Gasteiger partial charge in [0.25, 0.3) is 0 Å². The van der Waals surface area contributed by atoms with Gasteiger partial charge in [-0.1, -0.05) is 6.42 Å². The molecule has 18 heavy (non-hydrogen) atoms. The fourth-order valence-electron chi connectivity index (χ4n) is 2.47. The van der Waals surface area contributed by atoms with Crippen LogP contribution in [0.3, 0.4) is 0 Å². The van der Waals surface area contributed by atoms with Crippen molar-refractivity contribution < 1.29 is 0 Å². The van der Waals surface area contributed by atoms with Crippen LogP contribution in [0.5, 0.6) is 0 Å². The Labute approximate surface area is 122 Å². The lowest BCUT2D eigenvalue weighted by Crippen LogP contribution is -2.43. The molecule has 0 amide bonds. The number of hydrogen-bond donors (Lipinski definition) is 1. The highest BCUT2D eigenvalue weighted by atomic mass is 79.9. The minimum Gasteiger partial charge on any atom is -0.310 e. The van der Waals surface area contributed by atoms with Crippen molar-refractivity contribution in [2.24, 2.45) is 0 Å². The number of nitrogens with zero attached hydrogens (tertiary/aromatic N) is 2. The average molecular weight is 332 g/mol. The molecule has 0 radical (unpaired) electrons. The molecule has 1 N–H and O–H groups in total. The molecule has 0 atom stereocenters. The van der Waals surface area contributed by atoms with Crippen molar-refractivity contribution in [1.82, 2.24) is 15.1 Å². The van der Waals surface area contributed by atoms with E-state index in [1.165, 1.54) is 25.0 Å². The van der Waals surface area contributed by atoms with Crippen LogP contribution in [-0.2, 0) is 13.1 Å². The molecule has 3 nitrogen and oxygen atoms in total. The van der Waals surface area contributed by atoms with Crippen LogP contribution in [-0.4, -0.2) is 27.3 Å². The van der Waals surface area contributed by atoms with Gasteiger partial charge < -0.3 is 5.32 Å². The summed E-state index contributed by atoms with van der Waals surface area (Å²) >= 11 is 5.66. The fraction of sp³-hybridized carbons (Fsp3) is 0.769. The first-order valence-corrected chi connectivity index (χ1v) is 8.61. The molecule has 2 rings (SSSR count). The van der Waals surface area contributed by atoms with Gasteiger partial charge in [0.2, 0.25) is 0 Å². The van der Waals surface area contributed by atoms with Crippen LogP contribution >= 0.6 is 27.7 Å². The number of aryl methyl sites for hydroxylation is 2. The number of thioether (sulfide) groups is 1. The predicted molar refractivity (Wildman–Crippen MR) is 82.1 cm³/mol. The van der Waals surface area contributed by atoms with E-state index < -0.39 is 0 Å². The summed E-state index contributed by atoms with van der Waals surface area (Å²) in [4.78, 5) is 0. The molecule has 1 aliphatic carbocycles. The molecule has 1 heterocycles. The van der Waals surface area contributed by atoms with E-state index in [0.717, 1.165) is 29.8 Å². The number of rotatable bonds is 6. The summed E-state index contributed by atoms with van der Waals surface area (Å²) in [5.41, 5.74) is 2.35. The van der Waals surface area contributed by atoms with Crippen LogP contribution in [0, 0.1) is 6.92 Å². The van der Waals surface area contributed by atoms with Crippen LogP contribution in [0.2, 0.25) is 0 Å². The van der Waals surface area contributed by atoms with Gasteiger partial charge in [-0.25, -0.2) is 0 Å². The SMILES string of the molecule is CCn1nc(C)c(Br)c1CNCC1(SC)CCC1. The normalized spacial score (nSPS) is 17.8. The lowest BCUT2D eigenvalue weighted by molar-refractivity contribution is 0.343. The zero-order valence-corrected chi connectivity index (χ0v) is 13.8. The van der Waals surface area contributed by atoms with E-state index in [4.69, 9.17) is 0 Å². The summed E-state index contributed by atoms with van der Waals surface area (Å²) in [5, 5.41) is 8.14. The standard InChI is InChI=1S/C13H22BrN3S/c1-4-17-11(12(14)10(2)16-17)8-15-9-13(18-3)6-5-7-13/h15H,4-9H2,1-3H3. The molecular weight excluding hydrogens is 310 g/mol. The second-order valence-electron chi connectivity index (χ2n) is 5.01. The number of nitrogens with one attached hydrogen (secondary N) is 1. The monoisotopic (exact) mass is 331 g/mol. The van der Waals surface area contributed by atoms with Crippen molar-refractivity contribution in [1.29, 1.82) is 0 Å². The first-order chi connectivity index (χ1) is 8.62. The molecule has 0 unspecified atom stereocenters. The van der Waals surface area contributed by atoms with Gasteiger partial charge in [0, 0.05) is 24.4 Å². The molecule has 0 saturated heterocycles. The van der Waals surface area contributed by atoms with E-state index in [2.05, 4.69) is 51.1 Å². The molecule has 0 aromatic carbocycles. The van der Waals surface area contributed by atoms with Crippen molar-refractivity contribution in [3.8, 4) is 0 Å². The lowest BCUT2D eigenvalue weighted by Gasteiger charge is -2.40. The first-order valence-electron chi connectivity index (χ1n) is 6.59. The maximum atomic E-state index is 4.52. The Hall–Kier alpha value is -0.0000000000000000555. The minimum absolute atomic E-state index is 0.499. The molecule has 1 fully saturated rings. The van der Waals surface area contributed by atoms with Crippen LogP contribution in [0.25, 0.3) is 0 Å². The molecule has 0 aliphatic heterocycles. The average Bonchev–Trinajstić information content (AvgIpc) is 2.60. The predicted octanol–water partition coefficient (Wildman–Crippen LogP) is 3.35. The maximum absolute atomic E-state index is 4.52. The van der Waals surface area contributed by atoms with E-state index in [1.54, 1.807) is 0 Å². The molecule has 0 spiro atoms. The number of aromatic nitrogens is 2. The van der Waals surface area contributed by atoms with Crippen molar-refractivity contribution in [2.45, 2.75) is 50.9 Å². The second kappa shape index (κ2) is 5.97. The Bertz CT molecular complexity index is 407. The van der Waals surface area contributed by atoms with Gasteiger partial charge in [-0.05, 0) is 48.9 Å². The van der Waals surface area contributed by atoms with Crippen molar-refractivity contribution in [2.75, 3.05) is 12.8 Å². The van der Waals surface area contributed by atoms with Crippen LogP contribution in [0.4, 0.5) is 0 Å². The summed E-state index contributed by atoms with van der Waals surface area (Å²) in [6, 6.07) is 0. The van der Waals surface area contributed by atoms with Crippen LogP contribution in [0.15, 0.2) is 4.47 Å².